The van der Waals surface area contributed by atoms with Gasteiger partial charge in [0.15, 0.2) is 0 Å². The van der Waals surface area contributed by atoms with Crippen molar-refractivity contribution in [1.29, 1.82) is 0 Å². The molecule has 0 aliphatic rings. The van der Waals surface area contributed by atoms with Gasteiger partial charge in [0.1, 0.15) is 5.75 Å². The predicted octanol–water partition coefficient (Wildman–Crippen LogP) is 2.45. The van der Waals surface area contributed by atoms with Gasteiger partial charge in [-0.05, 0) is 44.5 Å². The summed E-state index contributed by atoms with van der Waals surface area (Å²) < 4.78 is 7.19. The number of hydrogen-bond donors (Lipinski definition) is 1. The van der Waals surface area contributed by atoms with E-state index in [9.17, 15) is 0 Å². The van der Waals surface area contributed by atoms with Crippen LogP contribution in [0.1, 0.15) is 29.9 Å². The highest BCUT2D eigenvalue weighted by atomic mass is 16.5. The molecule has 4 nitrogen and oxygen atoms in total. The van der Waals surface area contributed by atoms with Gasteiger partial charge in [-0.3, -0.25) is 4.68 Å². The molecule has 0 spiro atoms. The Morgan fingerprint density at radius 3 is 2.26 bits per heavy atom. The molecule has 102 valence electrons. The first-order valence-corrected chi connectivity index (χ1v) is 6.45. The fourth-order valence-corrected chi connectivity index (χ4v) is 2.40. The van der Waals surface area contributed by atoms with Crippen LogP contribution in [0.4, 0.5) is 0 Å². The van der Waals surface area contributed by atoms with Crippen LogP contribution in [-0.2, 0) is 0 Å². The van der Waals surface area contributed by atoms with E-state index in [1.165, 1.54) is 0 Å². The van der Waals surface area contributed by atoms with Crippen molar-refractivity contribution < 1.29 is 4.74 Å². The Morgan fingerprint density at radius 2 is 1.84 bits per heavy atom. The van der Waals surface area contributed by atoms with E-state index in [2.05, 4.69) is 18.1 Å². The Hall–Kier alpha value is -1.81. The molecule has 0 aliphatic heterocycles. The summed E-state index contributed by atoms with van der Waals surface area (Å²) >= 11 is 0. The van der Waals surface area contributed by atoms with E-state index in [0.717, 1.165) is 22.7 Å². The van der Waals surface area contributed by atoms with Gasteiger partial charge in [0.05, 0.1) is 18.8 Å². The first kappa shape index (κ1) is 13.6. The van der Waals surface area contributed by atoms with Crippen molar-refractivity contribution in [3.63, 3.8) is 0 Å². The van der Waals surface area contributed by atoms with E-state index >= 15 is 0 Å². The average Bonchev–Trinajstić information content (AvgIpc) is 2.69. The van der Waals surface area contributed by atoms with Gasteiger partial charge < -0.3 is 10.5 Å². The minimum absolute atomic E-state index is 0.0219. The second-order valence-electron chi connectivity index (χ2n) is 4.95. The highest BCUT2D eigenvalue weighted by Crippen LogP contribution is 2.24. The van der Waals surface area contributed by atoms with Crippen molar-refractivity contribution in [2.24, 2.45) is 5.73 Å². The second kappa shape index (κ2) is 5.45. The SMILES string of the molecule is COc1ccc(C(C(C)N)n2nc(C)cc2C)cc1. The second-order valence-corrected chi connectivity index (χ2v) is 4.95. The predicted molar refractivity (Wildman–Crippen MR) is 76.5 cm³/mol. The summed E-state index contributed by atoms with van der Waals surface area (Å²) in [5.41, 5.74) is 9.43. The molecule has 4 heteroatoms. The molecule has 1 aromatic carbocycles. The summed E-state index contributed by atoms with van der Waals surface area (Å²) in [7, 11) is 1.67. The Balaban J connectivity index is 2.42. The van der Waals surface area contributed by atoms with Gasteiger partial charge in [-0.15, -0.1) is 0 Å². The maximum absolute atomic E-state index is 6.16. The number of aryl methyl sites for hydroxylation is 2. The minimum atomic E-state index is -0.0219. The number of rotatable bonds is 4. The monoisotopic (exact) mass is 259 g/mol. The van der Waals surface area contributed by atoms with Gasteiger partial charge in [0.25, 0.3) is 0 Å². The first-order chi connectivity index (χ1) is 9.02. The minimum Gasteiger partial charge on any atom is -0.497 e. The lowest BCUT2D eigenvalue weighted by Gasteiger charge is -2.23. The zero-order chi connectivity index (χ0) is 14.0. The van der Waals surface area contributed by atoms with Crippen LogP contribution in [-0.4, -0.2) is 22.9 Å². The number of benzene rings is 1. The van der Waals surface area contributed by atoms with Gasteiger partial charge in [0, 0.05) is 11.7 Å². The Morgan fingerprint density at radius 1 is 1.21 bits per heavy atom. The van der Waals surface area contributed by atoms with Gasteiger partial charge in [0.2, 0.25) is 0 Å². The highest BCUT2D eigenvalue weighted by Gasteiger charge is 2.21. The number of aromatic nitrogens is 2. The third kappa shape index (κ3) is 2.79. The van der Waals surface area contributed by atoms with E-state index in [-0.39, 0.29) is 12.1 Å². The summed E-state index contributed by atoms with van der Waals surface area (Å²) in [6, 6.07) is 10.1. The lowest BCUT2D eigenvalue weighted by atomic mass is 10.0. The van der Waals surface area contributed by atoms with Crippen LogP contribution < -0.4 is 10.5 Å². The van der Waals surface area contributed by atoms with E-state index in [4.69, 9.17) is 10.5 Å². The van der Waals surface area contributed by atoms with Crippen molar-refractivity contribution in [2.75, 3.05) is 7.11 Å². The molecular formula is C15H21N3O. The Kier molecular flexibility index (Phi) is 3.90. The van der Waals surface area contributed by atoms with Gasteiger partial charge >= 0.3 is 0 Å². The molecule has 2 aromatic rings. The maximum Gasteiger partial charge on any atom is 0.118 e. The molecule has 2 rings (SSSR count). The van der Waals surface area contributed by atoms with Crippen LogP contribution in [0.3, 0.4) is 0 Å². The summed E-state index contributed by atoms with van der Waals surface area (Å²) in [4.78, 5) is 0. The molecule has 0 saturated heterocycles. The third-order valence-corrected chi connectivity index (χ3v) is 3.26. The molecule has 0 fully saturated rings. The van der Waals surface area contributed by atoms with Crippen LogP contribution in [0.5, 0.6) is 5.75 Å². The molecule has 2 N–H and O–H groups in total. The number of methoxy groups -OCH3 is 1. The number of nitrogens with two attached hydrogens (primary N) is 1. The van der Waals surface area contributed by atoms with Crippen LogP contribution in [0.15, 0.2) is 30.3 Å². The zero-order valence-electron chi connectivity index (χ0n) is 11.9. The van der Waals surface area contributed by atoms with Gasteiger partial charge in [-0.25, -0.2) is 0 Å². The standard InChI is InChI=1S/C15H21N3O/c1-10-9-11(2)18(17-10)15(12(3)16)13-5-7-14(19-4)8-6-13/h5-9,12,15H,16H2,1-4H3. The third-order valence-electron chi connectivity index (χ3n) is 3.26. The van der Waals surface area contributed by atoms with Crippen molar-refractivity contribution in [2.45, 2.75) is 32.9 Å². The Labute approximate surface area is 114 Å². The number of hydrogen-bond acceptors (Lipinski definition) is 3. The molecule has 1 heterocycles. The summed E-state index contributed by atoms with van der Waals surface area (Å²) in [5, 5.41) is 4.56. The van der Waals surface area contributed by atoms with Crippen LogP contribution in [0.2, 0.25) is 0 Å². The van der Waals surface area contributed by atoms with Gasteiger partial charge in [-0.1, -0.05) is 12.1 Å². The normalized spacial score (nSPS) is 14.2. The molecule has 2 atom stereocenters. The topological polar surface area (TPSA) is 53.1 Å². The van der Waals surface area contributed by atoms with Crippen molar-refractivity contribution >= 4 is 0 Å². The van der Waals surface area contributed by atoms with Crippen molar-refractivity contribution in [3.8, 4) is 5.75 Å². The maximum atomic E-state index is 6.16. The molecule has 0 bridgehead atoms. The molecule has 2 unspecified atom stereocenters. The zero-order valence-corrected chi connectivity index (χ0v) is 11.9. The molecule has 0 saturated carbocycles. The first-order valence-electron chi connectivity index (χ1n) is 6.45. The molecule has 0 aliphatic carbocycles. The molecule has 1 aromatic heterocycles. The molecule has 0 amide bonds. The number of ether oxygens (including phenoxy) is 1. The molecule has 0 radical (unpaired) electrons. The summed E-state index contributed by atoms with van der Waals surface area (Å²) in [6.07, 6.45) is 0. The van der Waals surface area contributed by atoms with E-state index in [1.54, 1.807) is 7.11 Å². The molecule has 19 heavy (non-hydrogen) atoms. The van der Waals surface area contributed by atoms with Crippen LogP contribution >= 0.6 is 0 Å². The highest BCUT2D eigenvalue weighted by molar-refractivity contribution is 5.30. The fraction of sp³-hybridized carbons (Fsp3) is 0.400. The van der Waals surface area contributed by atoms with E-state index in [0.29, 0.717) is 0 Å². The number of nitrogens with zero attached hydrogens (tertiary/aromatic N) is 2. The summed E-state index contributed by atoms with van der Waals surface area (Å²) in [6.45, 7) is 6.06. The lowest BCUT2D eigenvalue weighted by Crippen LogP contribution is -2.31. The van der Waals surface area contributed by atoms with E-state index in [1.807, 2.05) is 42.8 Å². The van der Waals surface area contributed by atoms with Crippen molar-refractivity contribution in [1.82, 2.24) is 9.78 Å². The van der Waals surface area contributed by atoms with Crippen LogP contribution in [0.25, 0.3) is 0 Å². The molecular weight excluding hydrogens is 238 g/mol. The summed E-state index contributed by atoms with van der Waals surface area (Å²) in [5.74, 6) is 0.848. The smallest absolute Gasteiger partial charge is 0.118 e. The quantitative estimate of drug-likeness (QED) is 0.917. The fourth-order valence-electron chi connectivity index (χ4n) is 2.40. The van der Waals surface area contributed by atoms with Crippen LogP contribution in [0, 0.1) is 13.8 Å². The Bertz CT molecular complexity index is 543. The largest absolute Gasteiger partial charge is 0.497 e. The van der Waals surface area contributed by atoms with E-state index < -0.39 is 0 Å². The lowest BCUT2D eigenvalue weighted by molar-refractivity contribution is 0.412. The average molecular weight is 259 g/mol. The van der Waals surface area contributed by atoms with Gasteiger partial charge in [-0.2, -0.15) is 5.10 Å². The van der Waals surface area contributed by atoms with Crippen molar-refractivity contribution in [3.05, 3.63) is 47.3 Å².